The second-order valence-electron chi connectivity index (χ2n) is 5.96. The van der Waals surface area contributed by atoms with Crippen LogP contribution in [0.1, 0.15) is 57.9 Å². The summed E-state index contributed by atoms with van der Waals surface area (Å²) in [4.78, 5) is 10.8. The van der Waals surface area contributed by atoms with Gasteiger partial charge in [0.15, 0.2) is 0 Å². The van der Waals surface area contributed by atoms with Crippen LogP contribution in [-0.2, 0) is 16.0 Å². The van der Waals surface area contributed by atoms with Gasteiger partial charge in [-0.3, -0.25) is 4.79 Å². The Hall–Kier alpha value is -1.43. The Bertz CT molecular complexity index is 455. The maximum Gasteiger partial charge on any atom is 0.303 e. The molecule has 0 saturated carbocycles. The molecule has 0 aromatic carbocycles. The zero-order chi connectivity index (χ0) is 14.0. The topological polar surface area (TPSA) is 85.5 Å². The van der Waals surface area contributed by atoms with E-state index in [0.717, 1.165) is 12.8 Å². The molecule has 19 heavy (non-hydrogen) atoms. The van der Waals surface area contributed by atoms with E-state index in [1.165, 1.54) is 0 Å². The number of aliphatic carboxylic acids is 1. The Morgan fingerprint density at radius 2 is 2.16 bits per heavy atom. The van der Waals surface area contributed by atoms with E-state index in [1.807, 2.05) is 20.8 Å². The third-order valence-electron chi connectivity index (χ3n) is 3.25. The van der Waals surface area contributed by atoms with Crippen LogP contribution < -0.4 is 0 Å². The maximum absolute atomic E-state index is 10.8. The normalized spacial score (nSPS) is 23.7. The van der Waals surface area contributed by atoms with E-state index < -0.39 is 11.4 Å². The molecule has 1 aromatic heterocycles. The van der Waals surface area contributed by atoms with E-state index in [1.54, 1.807) is 0 Å². The molecule has 0 bridgehead atoms. The monoisotopic (exact) mass is 268 g/mol. The number of carboxylic acids is 1. The summed E-state index contributed by atoms with van der Waals surface area (Å²) in [6.07, 6.45) is 2.52. The van der Waals surface area contributed by atoms with Crippen molar-refractivity contribution in [2.45, 2.75) is 58.7 Å². The third-order valence-corrected chi connectivity index (χ3v) is 3.25. The highest BCUT2D eigenvalue weighted by Crippen LogP contribution is 2.32. The second kappa shape index (κ2) is 5.28. The molecule has 2 unspecified atom stereocenters. The van der Waals surface area contributed by atoms with Crippen LogP contribution in [0.5, 0.6) is 0 Å². The molecular formula is C13H20N2O4. The first-order valence-corrected chi connectivity index (χ1v) is 6.55. The number of rotatable bonds is 5. The first-order valence-electron chi connectivity index (χ1n) is 6.55. The number of aromatic nitrogens is 2. The SMILES string of the molecule is CC1CCC(c2nnc(CC(C)(C)CC(=O)O)o2)O1. The van der Waals surface area contributed by atoms with E-state index in [-0.39, 0.29) is 18.6 Å². The molecular weight excluding hydrogens is 248 g/mol. The molecule has 2 heterocycles. The molecule has 1 saturated heterocycles. The van der Waals surface area contributed by atoms with E-state index in [2.05, 4.69) is 10.2 Å². The number of nitrogens with zero attached hydrogens (tertiary/aromatic N) is 2. The van der Waals surface area contributed by atoms with Gasteiger partial charge in [0.2, 0.25) is 11.8 Å². The largest absolute Gasteiger partial charge is 0.481 e. The maximum atomic E-state index is 10.8. The lowest BCUT2D eigenvalue weighted by Gasteiger charge is -2.19. The summed E-state index contributed by atoms with van der Waals surface area (Å²) in [5, 5.41) is 16.8. The average Bonchev–Trinajstić information content (AvgIpc) is 2.84. The van der Waals surface area contributed by atoms with Crippen LogP contribution in [-0.4, -0.2) is 27.4 Å². The molecule has 6 heteroatoms. The molecule has 2 atom stereocenters. The van der Waals surface area contributed by atoms with Gasteiger partial charge >= 0.3 is 5.97 Å². The van der Waals surface area contributed by atoms with Crippen molar-refractivity contribution in [2.24, 2.45) is 5.41 Å². The first kappa shape index (κ1) is 14.0. The summed E-state index contributed by atoms with van der Waals surface area (Å²) in [6.45, 7) is 5.77. The quantitative estimate of drug-likeness (QED) is 0.882. The van der Waals surface area contributed by atoms with Gasteiger partial charge in [0.05, 0.1) is 12.5 Å². The van der Waals surface area contributed by atoms with E-state index in [9.17, 15) is 4.79 Å². The molecule has 6 nitrogen and oxygen atoms in total. The highest BCUT2D eigenvalue weighted by atomic mass is 16.5. The van der Waals surface area contributed by atoms with Gasteiger partial charge in [-0.2, -0.15) is 0 Å². The second-order valence-corrected chi connectivity index (χ2v) is 5.96. The standard InChI is InChI=1S/C13H20N2O4/c1-8-4-5-9(18-8)12-15-14-10(19-12)6-13(2,3)7-11(16)17/h8-9H,4-7H2,1-3H3,(H,16,17). The van der Waals surface area contributed by atoms with Crippen molar-refractivity contribution in [1.82, 2.24) is 10.2 Å². The highest BCUT2D eigenvalue weighted by molar-refractivity contribution is 5.67. The van der Waals surface area contributed by atoms with Crippen molar-refractivity contribution in [3.8, 4) is 0 Å². The Labute approximate surface area is 112 Å². The van der Waals surface area contributed by atoms with Crippen LogP contribution in [0.4, 0.5) is 0 Å². The van der Waals surface area contributed by atoms with Gasteiger partial charge in [0, 0.05) is 6.42 Å². The number of carbonyl (C=O) groups is 1. The van der Waals surface area contributed by atoms with E-state index in [0.29, 0.717) is 18.2 Å². The van der Waals surface area contributed by atoms with Crippen LogP contribution in [0.25, 0.3) is 0 Å². The molecule has 0 amide bonds. The number of carboxylic acid groups (broad SMARTS) is 1. The minimum absolute atomic E-state index is 0.0711. The average molecular weight is 268 g/mol. The number of ether oxygens (including phenoxy) is 1. The zero-order valence-corrected chi connectivity index (χ0v) is 11.5. The summed E-state index contributed by atoms with van der Waals surface area (Å²) < 4.78 is 11.3. The number of hydrogen-bond acceptors (Lipinski definition) is 5. The summed E-state index contributed by atoms with van der Waals surface area (Å²) >= 11 is 0. The fourth-order valence-electron chi connectivity index (χ4n) is 2.33. The van der Waals surface area contributed by atoms with Crippen molar-refractivity contribution in [2.75, 3.05) is 0 Å². The smallest absolute Gasteiger partial charge is 0.303 e. The molecule has 0 radical (unpaired) electrons. The third kappa shape index (κ3) is 3.76. The Balaban J connectivity index is 1.99. The first-order chi connectivity index (χ1) is 8.85. The molecule has 1 aromatic rings. The Morgan fingerprint density at radius 3 is 2.74 bits per heavy atom. The van der Waals surface area contributed by atoms with Gasteiger partial charge in [-0.05, 0) is 25.2 Å². The van der Waals surface area contributed by atoms with Crippen LogP contribution in [0.15, 0.2) is 4.42 Å². The molecule has 1 aliphatic heterocycles. The lowest BCUT2D eigenvalue weighted by molar-refractivity contribution is -0.139. The van der Waals surface area contributed by atoms with Crippen LogP contribution in [0.3, 0.4) is 0 Å². The van der Waals surface area contributed by atoms with E-state index in [4.69, 9.17) is 14.3 Å². The molecule has 1 aliphatic rings. The highest BCUT2D eigenvalue weighted by Gasteiger charge is 2.30. The summed E-state index contributed by atoms with van der Waals surface area (Å²) in [7, 11) is 0. The number of hydrogen-bond donors (Lipinski definition) is 1. The fourth-order valence-corrected chi connectivity index (χ4v) is 2.33. The molecule has 1 fully saturated rings. The van der Waals surface area contributed by atoms with Gasteiger partial charge in [-0.1, -0.05) is 13.8 Å². The Kier molecular flexibility index (Phi) is 3.89. The van der Waals surface area contributed by atoms with Gasteiger partial charge in [-0.15, -0.1) is 10.2 Å². The van der Waals surface area contributed by atoms with Gasteiger partial charge in [0.25, 0.3) is 0 Å². The Morgan fingerprint density at radius 1 is 1.42 bits per heavy atom. The molecule has 0 aliphatic carbocycles. The van der Waals surface area contributed by atoms with Crippen LogP contribution in [0, 0.1) is 5.41 Å². The molecule has 106 valence electrons. The van der Waals surface area contributed by atoms with Crippen molar-refractivity contribution < 1.29 is 19.1 Å². The van der Waals surface area contributed by atoms with Crippen molar-refractivity contribution >= 4 is 5.97 Å². The summed E-state index contributed by atoms with van der Waals surface area (Å²) in [5.74, 6) is 0.160. The van der Waals surface area contributed by atoms with Gasteiger partial charge < -0.3 is 14.3 Å². The van der Waals surface area contributed by atoms with E-state index >= 15 is 0 Å². The minimum atomic E-state index is -0.822. The summed E-state index contributed by atoms with van der Waals surface area (Å²) in [6, 6.07) is 0. The van der Waals surface area contributed by atoms with Crippen LogP contribution >= 0.6 is 0 Å². The molecule has 0 spiro atoms. The zero-order valence-electron chi connectivity index (χ0n) is 11.5. The lowest BCUT2D eigenvalue weighted by atomic mass is 9.86. The minimum Gasteiger partial charge on any atom is -0.481 e. The van der Waals surface area contributed by atoms with Gasteiger partial charge in [0.1, 0.15) is 6.10 Å². The fraction of sp³-hybridized carbons (Fsp3) is 0.769. The van der Waals surface area contributed by atoms with Crippen LogP contribution in [0.2, 0.25) is 0 Å². The lowest BCUT2D eigenvalue weighted by Crippen LogP contribution is -2.19. The predicted octanol–water partition coefficient (Wildman–Crippen LogP) is 2.35. The summed E-state index contributed by atoms with van der Waals surface area (Å²) in [5.41, 5.74) is -0.403. The predicted molar refractivity (Wildman–Crippen MR) is 66.6 cm³/mol. The van der Waals surface area contributed by atoms with Crippen molar-refractivity contribution in [3.05, 3.63) is 11.8 Å². The molecule has 2 rings (SSSR count). The molecule has 1 N–H and O–H groups in total. The van der Waals surface area contributed by atoms with Crippen molar-refractivity contribution in [3.63, 3.8) is 0 Å². The van der Waals surface area contributed by atoms with Crippen molar-refractivity contribution in [1.29, 1.82) is 0 Å². The van der Waals surface area contributed by atoms with Gasteiger partial charge in [-0.25, -0.2) is 0 Å².